The van der Waals surface area contributed by atoms with E-state index in [1.54, 1.807) is 24.3 Å². The number of fused-ring (bicyclic) bond motifs is 1. The van der Waals surface area contributed by atoms with E-state index in [9.17, 15) is 9.59 Å². The molecule has 136 valence electrons. The standard InChI is InChI=1S/C22H18O5/c1-25-19-8-4-5-9-20(19)27-22(24)13-12-21(23)26-15-16-10-11-17-6-2-3-7-18(17)14-16/h2-14H,15H2,1H3/b13-12+. The maximum atomic E-state index is 11.8. The van der Waals surface area contributed by atoms with Crippen molar-refractivity contribution in [3.8, 4) is 11.5 Å². The van der Waals surface area contributed by atoms with Gasteiger partial charge in [-0.1, -0.05) is 48.5 Å². The largest absolute Gasteiger partial charge is 0.493 e. The summed E-state index contributed by atoms with van der Waals surface area (Å²) in [5.41, 5.74) is 0.868. The molecule has 3 aromatic rings. The molecule has 5 heteroatoms. The highest BCUT2D eigenvalue weighted by Crippen LogP contribution is 2.25. The number of carbonyl (C=O) groups excluding carboxylic acids is 2. The lowest BCUT2D eigenvalue weighted by Gasteiger charge is -2.06. The normalized spacial score (nSPS) is 10.7. The van der Waals surface area contributed by atoms with Crippen molar-refractivity contribution < 1.29 is 23.8 Å². The van der Waals surface area contributed by atoms with Crippen molar-refractivity contribution in [2.75, 3.05) is 7.11 Å². The van der Waals surface area contributed by atoms with Crippen LogP contribution in [-0.2, 0) is 20.9 Å². The van der Waals surface area contributed by atoms with Gasteiger partial charge in [0.2, 0.25) is 0 Å². The maximum absolute atomic E-state index is 11.8. The topological polar surface area (TPSA) is 61.8 Å². The maximum Gasteiger partial charge on any atom is 0.336 e. The number of ether oxygens (including phenoxy) is 3. The molecule has 5 nitrogen and oxygen atoms in total. The van der Waals surface area contributed by atoms with Crippen molar-refractivity contribution in [3.63, 3.8) is 0 Å². The molecule has 3 aromatic carbocycles. The van der Waals surface area contributed by atoms with Gasteiger partial charge >= 0.3 is 11.9 Å². The molecule has 27 heavy (non-hydrogen) atoms. The average molecular weight is 362 g/mol. The van der Waals surface area contributed by atoms with E-state index in [4.69, 9.17) is 14.2 Å². The van der Waals surface area contributed by atoms with Gasteiger partial charge in [-0.05, 0) is 34.5 Å². The SMILES string of the molecule is COc1ccccc1OC(=O)/C=C/C(=O)OCc1ccc2ccccc2c1. The molecule has 3 rings (SSSR count). The Labute approximate surface area is 156 Å². The van der Waals surface area contributed by atoms with E-state index >= 15 is 0 Å². The summed E-state index contributed by atoms with van der Waals surface area (Å²) in [5, 5.41) is 2.19. The fourth-order valence-electron chi connectivity index (χ4n) is 2.51. The lowest BCUT2D eigenvalue weighted by molar-refractivity contribution is -0.139. The molecule has 0 saturated carbocycles. The van der Waals surface area contributed by atoms with Crippen LogP contribution in [0.3, 0.4) is 0 Å². The van der Waals surface area contributed by atoms with Crippen molar-refractivity contribution in [3.05, 3.63) is 84.4 Å². The van der Waals surface area contributed by atoms with Gasteiger partial charge < -0.3 is 14.2 Å². The molecule has 0 atom stereocenters. The first kappa shape index (κ1) is 18.2. The Hall–Kier alpha value is -3.60. The Morgan fingerprint density at radius 2 is 1.48 bits per heavy atom. The lowest BCUT2D eigenvalue weighted by Crippen LogP contribution is -2.07. The molecule has 0 spiro atoms. The molecule has 0 unspecified atom stereocenters. The van der Waals surface area contributed by atoms with Crippen LogP contribution in [0.1, 0.15) is 5.56 Å². The second-order valence-electron chi connectivity index (χ2n) is 5.69. The molecule has 0 aliphatic carbocycles. The highest BCUT2D eigenvalue weighted by Gasteiger charge is 2.07. The van der Waals surface area contributed by atoms with Gasteiger partial charge in [-0.15, -0.1) is 0 Å². The van der Waals surface area contributed by atoms with E-state index in [0.717, 1.165) is 28.5 Å². The summed E-state index contributed by atoms with van der Waals surface area (Å²) < 4.78 is 15.4. The van der Waals surface area contributed by atoms with Gasteiger partial charge in [-0.2, -0.15) is 0 Å². The number of para-hydroxylation sites is 2. The van der Waals surface area contributed by atoms with Crippen LogP contribution in [0.15, 0.2) is 78.9 Å². The summed E-state index contributed by atoms with van der Waals surface area (Å²) in [5.74, 6) is -0.611. The molecule has 0 fully saturated rings. The van der Waals surface area contributed by atoms with Gasteiger partial charge in [-0.25, -0.2) is 9.59 Å². The molecule has 0 N–H and O–H groups in total. The van der Waals surface area contributed by atoms with Gasteiger partial charge in [0.15, 0.2) is 11.5 Å². The van der Waals surface area contributed by atoms with Gasteiger partial charge in [0.1, 0.15) is 6.61 Å². The Morgan fingerprint density at radius 3 is 2.26 bits per heavy atom. The number of carbonyl (C=O) groups is 2. The fourth-order valence-corrected chi connectivity index (χ4v) is 2.51. The molecule has 0 saturated heterocycles. The van der Waals surface area contributed by atoms with Gasteiger partial charge in [-0.3, -0.25) is 0 Å². The summed E-state index contributed by atoms with van der Waals surface area (Å²) in [6.45, 7) is 0.121. The molecule has 0 bridgehead atoms. The van der Waals surface area contributed by atoms with Crippen molar-refractivity contribution in [2.45, 2.75) is 6.61 Å². The van der Waals surface area contributed by atoms with Crippen molar-refractivity contribution in [2.24, 2.45) is 0 Å². The molecular formula is C22H18O5. The predicted octanol–water partition coefficient (Wildman–Crippen LogP) is 4.05. The van der Waals surface area contributed by atoms with Gasteiger partial charge in [0, 0.05) is 12.2 Å². The van der Waals surface area contributed by atoms with E-state index in [2.05, 4.69) is 0 Å². The van der Waals surface area contributed by atoms with E-state index in [1.165, 1.54) is 7.11 Å². The summed E-state index contributed by atoms with van der Waals surface area (Å²) in [7, 11) is 1.48. The number of hydrogen-bond acceptors (Lipinski definition) is 5. The minimum atomic E-state index is -0.692. The van der Waals surface area contributed by atoms with Gasteiger partial charge in [0.25, 0.3) is 0 Å². The molecule has 0 heterocycles. The molecule has 0 aliphatic rings. The van der Waals surface area contributed by atoms with Crippen LogP contribution in [0.25, 0.3) is 10.8 Å². The lowest BCUT2D eigenvalue weighted by atomic mass is 10.1. The van der Waals surface area contributed by atoms with Crippen LogP contribution >= 0.6 is 0 Å². The van der Waals surface area contributed by atoms with Crippen molar-refractivity contribution in [1.29, 1.82) is 0 Å². The van der Waals surface area contributed by atoms with Crippen LogP contribution in [0, 0.1) is 0 Å². The fraction of sp³-hybridized carbons (Fsp3) is 0.0909. The first-order chi connectivity index (χ1) is 13.2. The minimum absolute atomic E-state index is 0.121. The Bertz CT molecular complexity index is 991. The van der Waals surface area contributed by atoms with E-state index in [-0.39, 0.29) is 12.4 Å². The summed E-state index contributed by atoms with van der Waals surface area (Å²) in [6.07, 6.45) is 2.06. The van der Waals surface area contributed by atoms with E-state index < -0.39 is 11.9 Å². The van der Waals surface area contributed by atoms with Crippen LogP contribution in [0.5, 0.6) is 11.5 Å². The Kier molecular flexibility index (Phi) is 5.84. The quantitative estimate of drug-likeness (QED) is 0.376. The average Bonchev–Trinajstić information content (AvgIpc) is 2.71. The summed E-state index contributed by atoms with van der Waals surface area (Å²) >= 11 is 0. The molecule has 0 radical (unpaired) electrons. The third kappa shape index (κ3) is 4.95. The number of methoxy groups -OCH3 is 1. The van der Waals surface area contributed by atoms with E-state index in [0.29, 0.717) is 5.75 Å². The van der Waals surface area contributed by atoms with E-state index in [1.807, 2.05) is 42.5 Å². The van der Waals surface area contributed by atoms with Crippen LogP contribution in [-0.4, -0.2) is 19.0 Å². The zero-order valence-corrected chi connectivity index (χ0v) is 14.8. The zero-order valence-electron chi connectivity index (χ0n) is 14.8. The van der Waals surface area contributed by atoms with Gasteiger partial charge in [0.05, 0.1) is 7.11 Å². The molecule has 0 amide bonds. The predicted molar refractivity (Wildman–Crippen MR) is 102 cm³/mol. The zero-order chi connectivity index (χ0) is 19.1. The minimum Gasteiger partial charge on any atom is -0.493 e. The number of hydrogen-bond donors (Lipinski definition) is 0. The summed E-state index contributed by atoms with van der Waals surface area (Å²) in [6, 6.07) is 20.5. The first-order valence-electron chi connectivity index (χ1n) is 8.33. The monoisotopic (exact) mass is 362 g/mol. The molecule has 0 aliphatic heterocycles. The highest BCUT2D eigenvalue weighted by molar-refractivity contribution is 5.92. The number of benzene rings is 3. The Balaban J connectivity index is 1.54. The molecular weight excluding hydrogens is 344 g/mol. The number of esters is 2. The van der Waals surface area contributed by atoms with Crippen LogP contribution in [0.4, 0.5) is 0 Å². The van der Waals surface area contributed by atoms with Crippen molar-refractivity contribution >= 4 is 22.7 Å². The smallest absolute Gasteiger partial charge is 0.336 e. The van der Waals surface area contributed by atoms with Crippen molar-refractivity contribution in [1.82, 2.24) is 0 Å². The highest BCUT2D eigenvalue weighted by atomic mass is 16.6. The third-order valence-electron chi connectivity index (χ3n) is 3.83. The third-order valence-corrected chi connectivity index (χ3v) is 3.83. The Morgan fingerprint density at radius 1 is 0.815 bits per heavy atom. The number of rotatable bonds is 6. The molecule has 0 aromatic heterocycles. The second kappa shape index (κ2) is 8.67. The van der Waals surface area contributed by atoms with Crippen LogP contribution < -0.4 is 9.47 Å². The first-order valence-corrected chi connectivity index (χ1v) is 8.33. The second-order valence-corrected chi connectivity index (χ2v) is 5.69. The van der Waals surface area contributed by atoms with Crippen LogP contribution in [0.2, 0.25) is 0 Å². The summed E-state index contributed by atoms with van der Waals surface area (Å²) in [4.78, 5) is 23.7.